The summed E-state index contributed by atoms with van der Waals surface area (Å²) >= 11 is 0. The van der Waals surface area contributed by atoms with Crippen LogP contribution in [0, 0.1) is 20.8 Å². The summed E-state index contributed by atoms with van der Waals surface area (Å²) in [6.07, 6.45) is 0. The molecule has 0 bridgehead atoms. The van der Waals surface area contributed by atoms with Gasteiger partial charge in [0.1, 0.15) is 4.90 Å². The Kier molecular flexibility index (Phi) is 4.06. The summed E-state index contributed by atoms with van der Waals surface area (Å²) < 4.78 is 29.1. The smallest absolute Gasteiger partial charge is 0.244 e. The molecule has 2 aromatic rings. The van der Waals surface area contributed by atoms with Gasteiger partial charge in [-0.3, -0.25) is 4.68 Å². The van der Waals surface area contributed by atoms with Crippen molar-refractivity contribution >= 4 is 15.7 Å². The Hall–Kier alpha value is -1.86. The molecule has 1 aromatic carbocycles. The van der Waals surface area contributed by atoms with Crippen molar-refractivity contribution in [2.45, 2.75) is 32.2 Å². The molecule has 2 rings (SSSR count). The Labute approximate surface area is 125 Å². The van der Waals surface area contributed by atoms with E-state index in [0.717, 1.165) is 11.1 Å². The van der Waals surface area contributed by atoms with E-state index in [1.54, 1.807) is 31.6 Å². The topological polar surface area (TPSA) is 90.0 Å². The number of hydrogen-bond acceptors (Lipinski definition) is 4. The zero-order valence-electron chi connectivity index (χ0n) is 12.6. The average Bonchev–Trinajstić information content (AvgIpc) is 2.65. The van der Waals surface area contributed by atoms with Crippen molar-refractivity contribution in [2.24, 2.45) is 7.05 Å². The molecule has 0 amide bonds. The van der Waals surface area contributed by atoms with Crippen molar-refractivity contribution in [2.75, 3.05) is 5.73 Å². The van der Waals surface area contributed by atoms with E-state index in [1.165, 1.54) is 0 Å². The summed E-state index contributed by atoms with van der Waals surface area (Å²) in [6, 6.07) is 5.46. The number of benzene rings is 1. The molecule has 0 spiro atoms. The molecule has 0 aliphatic carbocycles. The van der Waals surface area contributed by atoms with Crippen molar-refractivity contribution in [1.82, 2.24) is 14.5 Å². The zero-order valence-corrected chi connectivity index (χ0v) is 13.5. The van der Waals surface area contributed by atoms with Crippen LogP contribution in [0.4, 0.5) is 5.69 Å². The summed E-state index contributed by atoms with van der Waals surface area (Å²) in [7, 11) is -1.88. The molecule has 0 saturated carbocycles. The summed E-state index contributed by atoms with van der Waals surface area (Å²) in [4.78, 5) is 0.242. The predicted molar refractivity (Wildman–Crippen MR) is 82.3 cm³/mol. The number of hydrogen-bond donors (Lipinski definition) is 2. The molecule has 21 heavy (non-hydrogen) atoms. The van der Waals surface area contributed by atoms with Crippen LogP contribution in [-0.4, -0.2) is 18.2 Å². The Bertz CT molecular complexity index is 779. The Balaban J connectivity index is 2.28. The molecule has 114 valence electrons. The molecule has 0 aliphatic heterocycles. The quantitative estimate of drug-likeness (QED) is 0.836. The van der Waals surface area contributed by atoms with Gasteiger partial charge in [0, 0.05) is 19.3 Å². The molecular weight excluding hydrogens is 288 g/mol. The molecule has 7 heteroatoms. The van der Waals surface area contributed by atoms with Gasteiger partial charge < -0.3 is 5.73 Å². The number of nitrogens with one attached hydrogen (secondary N) is 1. The van der Waals surface area contributed by atoms with E-state index >= 15 is 0 Å². The molecule has 0 radical (unpaired) electrons. The largest absolute Gasteiger partial charge is 0.399 e. The lowest BCUT2D eigenvalue weighted by Gasteiger charge is -2.10. The number of nitrogens with zero attached hydrogens (tertiary/aromatic N) is 2. The molecule has 0 saturated heterocycles. The third kappa shape index (κ3) is 2.93. The molecule has 0 aliphatic rings. The fourth-order valence-corrected chi connectivity index (χ4v) is 3.72. The van der Waals surface area contributed by atoms with Crippen LogP contribution in [0.25, 0.3) is 0 Å². The van der Waals surface area contributed by atoms with Crippen LogP contribution in [-0.2, 0) is 23.6 Å². The second kappa shape index (κ2) is 5.50. The molecule has 0 unspecified atom stereocenters. The van der Waals surface area contributed by atoms with E-state index < -0.39 is 10.0 Å². The van der Waals surface area contributed by atoms with Gasteiger partial charge >= 0.3 is 0 Å². The maximum absolute atomic E-state index is 12.5. The number of nitrogens with two attached hydrogens (primary N) is 1. The second-order valence-electron chi connectivity index (χ2n) is 5.08. The number of aromatic nitrogens is 2. The van der Waals surface area contributed by atoms with E-state index in [9.17, 15) is 8.42 Å². The third-order valence-corrected chi connectivity index (χ3v) is 5.30. The van der Waals surface area contributed by atoms with Crippen molar-refractivity contribution in [1.29, 1.82) is 0 Å². The van der Waals surface area contributed by atoms with Crippen LogP contribution in [0.15, 0.2) is 23.1 Å². The van der Waals surface area contributed by atoms with Crippen LogP contribution in [0.5, 0.6) is 0 Å². The fraction of sp³-hybridized carbons (Fsp3) is 0.357. The first-order chi connectivity index (χ1) is 9.74. The van der Waals surface area contributed by atoms with Gasteiger partial charge in [-0.05, 0) is 38.0 Å². The van der Waals surface area contributed by atoms with Crippen LogP contribution in [0.1, 0.15) is 22.5 Å². The summed E-state index contributed by atoms with van der Waals surface area (Å²) in [5.74, 6) is 0. The molecule has 0 atom stereocenters. The van der Waals surface area contributed by atoms with Crippen molar-refractivity contribution in [3.05, 3.63) is 40.7 Å². The van der Waals surface area contributed by atoms with E-state index in [0.29, 0.717) is 17.1 Å². The number of aryl methyl sites for hydroxylation is 2. The van der Waals surface area contributed by atoms with Crippen LogP contribution >= 0.6 is 0 Å². The summed E-state index contributed by atoms with van der Waals surface area (Å²) in [5, 5.41) is 4.14. The number of nitrogen functional groups attached to an aromatic ring is 1. The van der Waals surface area contributed by atoms with Crippen LogP contribution in [0.2, 0.25) is 0 Å². The summed E-state index contributed by atoms with van der Waals surface area (Å²) in [6.45, 7) is 5.50. The Morgan fingerprint density at radius 3 is 2.52 bits per heavy atom. The number of sulfonamides is 1. The number of anilines is 1. The van der Waals surface area contributed by atoms with Gasteiger partial charge in [-0.2, -0.15) is 5.10 Å². The van der Waals surface area contributed by atoms with Gasteiger partial charge in [0.05, 0.1) is 11.4 Å². The monoisotopic (exact) mass is 308 g/mol. The van der Waals surface area contributed by atoms with Crippen molar-refractivity contribution in [3.63, 3.8) is 0 Å². The lowest BCUT2D eigenvalue weighted by Crippen LogP contribution is -2.24. The highest BCUT2D eigenvalue weighted by molar-refractivity contribution is 7.89. The first kappa shape index (κ1) is 15.5. The maximum Gasteiger partial charge on any atom is 0.244 e. The Morgan fingerprint density at radius 1 is 1.29 bits per heavy atom. The van der Waals surface area contributed by atoms with Gasteiger partial charge in [0.25, 0.3) is 0 Å². The molecule has 0 fully saturated rings. The number of rotatable bonds is 4. The van der Waals surface area contributed by atoms with E-state index in [1.807, 2.05) is 19.1 Å². The molecule has 1 heterocycles. The van der Waals surface area contributed by atoms with E-state index in [4.69, 9.17) is 5.73 Å². The lowest BCUT2D eigenvalue weighted by atomic mass is 10.1. The van der Waals surface area contributed by atoms with E-state index in [-0.39, 0.29) is 11.4 Å². The highest BCUT2D eigenvalue weighted by atomic mass is 32.2. The normalized spacial score (nSPS) is 11.8. The minimum atomic E-state index is -3.60. The first-order valence-corrected chi connectivity index (χ1v) is 8.06. The van der Waals surface area contributed by atoms with Gasteiger partial charge in [0.15, 0.2) is 0 Å². The molecular formula is C14H20N4O2S. The minimum Gasteiger partial charge on any atom is -0.399 e. The standard InChI is InChI=1S/C14H20N4O2S/c1-9-12(6-5-7-13(9)15)8-16-21(19,20)14-10(2)17-18(4)11(14)3/h5-7,16H,8,15H2,1-4H3. The predicted octanol–water partition coefficient (Wildman–Crippen LogP) is 1.41. The third-order valence-electron chi connectivity index (χ3n) is 3.65. The summed E-state index contributed by atoms with van der Waals surface area (Å²) in [5.41, 5.74) is 9.34. The van der Waals surface area contributed by atoms with Crippen molar-refractivity contribution in [3.8, 4) is 0 Å². The minimum absolute atomic E-state index is 0.201. The van der Waals surface area contributed by atoms with Crippen molar-refractivity contribution < 1.29 is 8.42 Å². The SMILES string of the molecule is Cc1nn(C)c(C)c1S(=O)(=O)NCc1cccc(N)c1C. The maximum atomic E-state index is 12.5. The van der Waals surface area contributed by atoms with Gasteiger partial charge in [-0.15, -0.1) is 0 Å². The molecule has 1 aromatic heterocycles. The van der Waals surface area contributed by atoms with Gasteiger partial charge in [-0.25, -0.2) is 13.1 Å². The molecule has 6 nitrogen and oxygen atoms in total. The molecule has 3 N–H and O–H groups in total. The average molecular weight is 308 g/mol. The van der Waals surface area contributed by atoms with Crippen LogP contribution in [0.3, 0.4) is 0 Å². The highest BCUT2D eigenvalue weighted by Crippen LogP contribution is 2.20. The first-order valence-electron chi connectivity index (χ1n) is 6.58. The fourth-order valence-electron chi connectivity index (χ4n) is 2.28. The zero-order chi connectivity index (χ0) is 15.8. The second-order valence-corrected chi connectivity index (χ2v) is 6.78. The lowest BCUT2D eigenvalue weighted by molar-refractivity contribution is 0.579. The van der Waals surface area contributed by atoms with Gasteiger partial charge in [-0.1, -0.05) is 12.1 Å². The Morgan fingerprint density at radius 2 is 1.95 bits per heavy atom. The highest BCUT2D eigenvalue weighted by Gasteiger charge is 2.23. The van der Waals surface area contributed by atoms with Gasteiger partial charge in [0.2, 0.25) is 10.0 Å². The van der Waals surface area contributed by atoms with Crippen LogP contribution < -0.4 is 10.5 Å². The van der Waals surface area contributed by atoms with E-state index in [2.05, 4.69) is 9.82 Å².